The fourth-order valence-corrected chi connectivity index (χ4v) is 2.84. The van der Waals surface area contributed by atoms with Crippen LogP contribution in [0.15, 0.2) is 42.7 Å². The molecule has 1 saturated heterocycles. The van der Waals surface area contributed by atoms with E-state index in [0.29, 0.717) is 23.4 Å². The first-order valence-electron chi connectivity index (χ1n) is 9.03. The molecule has 1 amide bonds. The van der Waals surface area contributed by atoms with Gasteiger partial charge >= 0.3 is 0 Å². The van der Waals surface area contributed by atoms with Gasteiger partial charge in [-0.3, -0.25) is 19.5 Å². The Morgan fingerprint density at radius 2 is 1.81 bits per heavy atom. The first kappa shape index (κ1) is 19.0. The lowest BCUT2D eigenvalue weighted by molar-refractivity contribution is 0.0383. The van der Waals surface area contributed by atoms with Crippen molar-refractivity contribution in [3.05, 3.63) is 53.9 Å². The van der Waals surface area contributed by atoms with Crippen molar-refractivity contribution >= 4 is 23.1 Å². The molecule has 1 aromatic carbocycles. The number of carbonyl (C=O) groups excluding carboxylic acids is 2. The highest BCUT2D eigenvalue weighted by atomic mass is 16.5. The predicted octanol–water partition coefficient (Wildman–Crippen LogP) is 2.09. The SMILES string of the molecule is CC(=O)c1ccc(Nc2cncc(C(=O)NCCN3CCOCC3)c2)cc1. The van der Waals surface area contributed by atoms with E-state index in [2.05, 4.69) is 20.5 Å². The van der Waals surface area contributed by atoms with Gasteiger partial charge in [-0.1, -0.05) is 0 Å². The van der Waals surface area contributed by atoms with Crippen molar-refractivity contribution in [3.63, 3.8) is 0 Å². The number of Topliss-reactive ketones (excluding diaryl/α,β-unsaturated/α-hetero) is 1. The fraction of sp³-hybridized carbons (Fsp3) is 0.350. The normalized spacial score (nSPS) is 14.6. The molecule has 0 radical (unpaired) electrons. The smallest absolute Gasteiger partial charge is 0.252 e. The Bertz CT molecular complexity index is 786. The van der Waals surface area contributed by atoms with Gasteiger partial charge in [-0.15, -0.1) is 0 Å². The molecule has 27 heavy (non-hydrogen) atoms. The van der Waals surface area contributed by atoms with Crippen LogP contribution in [0, 0.1) is 0 Å². The molecule has 0 atom stereocenters. The first-order valence-corrected chi connectivity index (χ1v) is 9.03. The number of amides is 1. The molecular formula is C20H24N4O3. The van der Waals surface area contributed by atoms with Crippen molar-refractivity contribution in [1.29, 1.82) is 0 Å². The lowest BCUT2D eigenvalue weighted by atomic mass is 10.1. The number of ketones is 1. The lowest BCUT2D eigenvalue weighted by Crippen LogP contribution is -2.41. The van der Waals surface area contributed by atoms with E-state index in [0.717, 1.165) is 38.5 Å². The molecule has 0 saturated carbocycles. The van der Waals surface area contributed by atoms with Crippen LogP contribution in [0.1, 0.15) is 27.6 Å². The first-order chi connectivity index (χ1) is 13.1. The summed E-state index contributed by atoms with van der Waals surface area (Å²) in [5.74, 6) is -0.120. The third kappa shape index (κ3) is 5.60. The third-order valence-corrected chi connectivity index (χ3v) is 4.40. The van der Waals surface area contributed by atoms with Crippen molar-refractivity contribution < 1.29 is 14.3 Å². The summed E-state index contributed by atoms with van der Waals surface area (Å²) in [5, 5.41) is 6.13. The number of hydrogen-bond acceptors (Lipinski definition) is 6. The number of aromatic nitrogens is 1. The quantitative estimate of drug-likeness (QED) is 0.728. The molecule has 7 heteroatoms. The molecule has 0 unspecified atom stereocenters. The van der Waals surface area contributed by atoms with Crippen LogP contribution in [0.25, 0.3) is 0 Å². The molecule has 1 aliphatic heterocycles. The van der Waals surface area contributed by atoms with E-state index in [9.17, 15) is 9.59 Å². The van der Waals surface area contributed by atoms with Gasteiger partial charge in [0.2, 0.25) is 0 Å². The molecule has 142 valence electrons. The molecule has 0 aliphatic carbocycles. The number of benzene rings is 1. The zero-order valence-corrected chi connectivity index (χ0v) is 15.4. The van der Waals surface area contributed by atoms with Crippen LogP contribution in [-0.4, -0.2) is 61.0 Å². The zero-order valence-electron chi connectivity index (χ0n) is 15.4. The highest BCUT2D eigenvalue weighted by molar-refractivity contribution is 5.95. The second-order valence-corrected chi connectivity index (χ2v) is 6.43. The van der Waals surface area contributed by atoms with Crippen LogP contribution in [0.2, 0.25) is 0 Å². The maximum absolute atomic E-state index is 12.4. The second-order valence-electron chi connectivity index (χ2n) is 6.43. The number of morpholine rings is 1. The molecule has 2 heterocycles. The third-order valence-electron chi connectivity index (χ3n) is 4.40. The number of nitrogens with one attached hydrogen (secondary N) is 2. The van der Waals surface area contributed by atoms with E-state index in [1.807, 2.05) is 12.1 Å². The summed E-state index contributed by atoms with van der Waals surface area (Å²) in [4.78, 5) is 30.1. The van der Waals surface area contributed by atoms with Crippen molar-refractivity contribution in [2.45, 2.75) is 6.92 Å². The number of ether oxygens (including phenoxy) is 1. The number of hydrogen-bond donors (Lipinski definition) is 2. The fourth-order valence-electron chi connectivity index (χ4n) is 2.84. The lowest BCUT2D eigenvalue weighted by Gasteiger charge is -2.26. The number of anilines is 2. The Morgan fingerprint density at radius 1 is 1.07 bits per heavy atom. The molecule has 3 rings (SSSR count). The Balaban J connectivity index is 1.54. The maximum atomic E-state index is 12.4. The summed E-state index contributed by atoms with van der Waals surface area (Å²) in [7, 11) is 0. The van der Waals surface area contributed by atoms with Crippen molar-refractivity contribution in [3.8, 4) is 0 Å². The number of rotatable bonds is 7. The Hall–Kier alpha value is -2.77. The minimum atomic E-state index is -0.147. The van der Waals surface area contributed by atoms with Gasteiger partial charge in [-0.05, 0) is 37.3 Å². The molecule has 2 N–H and O–H groups in total. The Labute approximate surface area is 158 Å². The molecule has 0 spiro atoms. The molecule has 1 aliphatic rings. The Morgan fingerprint density at radius 3 is 2.52 bits per heavy atom. The summed E-state index contributed by atoms with van der Waals surface area (Å²) in [6.45, 7) is 6.23. The van der Waals surface area contributed by atoms with Crippen molar-refractivity contribution in [1.82, 2.24) is 15.2 Å². The number of carbonyl (C=O) groups is 2. The van der Waals surface area contributed by atoms with Crippen LogP contribution in [0.3, 0.4) is 0 Å². The minimum absolute atomic E-state index is 0.0268. The summed E-state index contributed by atoms with van der Waals surface area (Å²) in [5.41, 5.74) is 2.70. The van der Waals surface area contributed by atoms with Gasteiger partial charge in [0, 0.05) is 43.6 Å². The highest BCUT2D eigenvalue weighted by Gasteiger charge is 2.11. The van der Waals surface area contributed by atoms with Gasteiger partial charge in [-0.2, -0.15) is 0 Å². The average Bonchev–Trinajstić information content (AvgIpc) is 2.69. The largest absolute Gasteiger partial charge is 0.379 e. The average molecular weight is 368 g/mol. The van der Waals surface area contributed by atoms with Crippen molar-refractivity contribution in [2.24, 2.45) is 0 Å². The van der Waals surface area contributed by atoms with Gasteiger partial charge in [0.05, 0.1) is 30.7 Å². The predicted molar refractivity (Wildman–Crippen MR) is 104 cm³/mol. The minimum Gasteiger partial charge on any atom is -0.379 e. The topological polar surface area (TPSA) is 83.6 Å². The van der Waals surface area contributed by atoms with Crippen LogP contribution < -0.4 is 10.6 Å². The van der Waals surface area contributed by atoms with Gasteiger partial charge in [0.25, 0.3) is 5.91 Å². The van der Waals surface area contributed by atoms with Crippen LogP contribution >= 0.6 is 0 Å². The Kier molecular flexibility index (Phi) is 6.51. The van der Waals surface area contributed by atoms with Gasteiger partial charge < -0.3 is 15.4 Å². The molecular weight excluding hydrogens is 344 g/mol. The zero-order chi connectivity index (χ0) is 19.1. The van der Waals surface area contributed by atoms with E-state index < -0.39 is 0 Å². The number of pyridine rings is 1. The van der Waals surface area contributed by atoms with E-state index in [1.165, 1.54) is 6.92 Å². The monoisotopic (exact) mass is 368 g/mol. The summed E-state index contributed by atoms with van der Waals surface area (Å²) in [6.07, 6.45) is 3.21. The second kappa shape index (κ2) is 9.25. The molecule has 7 nitrogen and oxygen atoms in total. The van der Waals surface area contributed by atoms with Crippen LogP contribution in [-0.2, 0) is 4.74 Å². The van der Waals surface area contributed by atoms with Crippen LogP contribution in [0.4, 0.5) is 11.4 Å². The van der Waals surface area contributed by atoms with E-state index in [1.54, 1.807) is 30.6 Å². The standard InChI is InChI=1S/C20H24N4O3/c1-15(25)16-2-4-18(5-3-16)23-19-12-17(13-21-14-19)20(26)22-6-7-24-8-10-27-11-9-24/h2-5,12-14,23H,6-11H2,1H3,(H,22,26). The summed E-state index contributed by atoms with van der Waals surface area (Å²) in [6, 6.07) is 8.94. The maximum Gasteiger partial charge on any atom is 0.252 e. The number of nitrogens with zero attached hydrogens (tertiary/aromatic N) is 2. The summed E-state index contributed by atoms with van der Waals surface area (Å²) >= 11 is 0. The van der Waals surface area contributed by atoms with Crippen LogP contribution in [0.5, 0.6) is 0 Å². The van der Waals surface area contributed by atoms with E-state index >= 15 is 0 Å². The van der Waals surface area contributed by atoms with Gasteiger partial charge in [0.15, 0.2) is 5.78 Å². The molecule has 2 aromatic rings. The van der Waals surface area contributed by atoms with Gasteiger partial charge in [-0.25, -0.2) is 0 Å². The van der Waals surface area contributed by atoms with Crippen molar-refractivity contribution in [2.75, 3.05) is 44.7 Å². The highest BCUT2D eigenvalue weighted by Crippen LogP contribution is 2.17. The summed E-state index contributed by atoms with van der Waals surface area (Å²) < 4.78 is 5.32. The van der Waals surface area contributed by atoms with E-state index in [-0.39, 0.29) is 11.7 Å². The molecule has 0 bridgehead atoms. The van der Waals surface area contributed by atoms with Gasteiger partial charge in [0.1, 0.15) is 0 Å². The van der Waals surface area contributed by atoms with E-state index in [4.69, 9.17) is 4.74 Å². The molecule has 1 fully saturated rings. The molecule has 1 aromatic heterocycles.